The van der Waals surface area contributed by atoms with Crippen LogP contribution in [0.5, 0.6) is 0 Å². The van der Waals surface area contributed by atoms with Crippen molar-refractivity contribution >= 4 is 17.9 Å². The van der Waals surface area contributed by atoms with Crippen molar-refractivity contribution in [2.75, 3.05) is 6.61 Å². The lowest BCUT2D eigenvalue weighted by Gasteiger charge is -2.13. The summed E-state index contributed by atoms with van der Waals surface area (Å²) >= 11 is 0. The van der Waals surface area contributed by atoms with Crippen molar-refractivity contribution in [1.82, 2.24) is 0 Å². The number of hydrogen-bond acceptors (Lipinski definition) is 5. The zero-order valence-electron chi connectivity index (χ0n) is 10.6. The molecule has 0 aromatic carbocycles. The first-order valence-electron chi connectivity index (χ1n) is 5.56. The van der Waals surface area contributed by atoms with Gasteiger partial charge in [-0.1, -0.05) is 6.58 Å². The predicted octanol–water partition coefficient (Wildman–Crippen LogP) is 1.29. The molecule has 0 fully saturated rings. The highest BCUT2D eigenvalue weighted by Crippen LogP contribution is 2.02. The molecule has 0 aliphatic heterocycles. The average Bonchev–Trinajstić information content (AvgIpc) is 2.25. The Bertz CT molecular complexity index is 333. The smallest absolute Gasteiger partial charge is 0.333 e. The molecule has 1 N–H and O–H groups in total. The fourth-order valence-corrected chi connectivity index (χ4v) is 0.984. The molecule has 0 radical (unpaired) electrons. The first-order chi connectivity index (χ1) is 8.32. The van der Waals surface area contributed by atoms with E-state index in [-0.39, 0.29) is 31.4 Å². The van der Waals surface area contributed by atoms with E-state index in [0.717, 1.165) is 0 Å². The van der Waals surface area contributed by atoms with Crippen LogP contribution in [0.1, 0.15) is 33.1 Å². The molecular weight excluding hydrogens is 240 g/mol. The largest absolute Gasteiger partial charge is 0.481 e. The Hall–Kier alpha value is -1.85. The topological polar surface area (TPSA) is 89.9 Å². The quantitative estimate of drug-likeness (QED) is 0.521. The van der Waals surface area contributed by atoms with Crippen LogP contribution >= 0.6 is 0 Å². The van der Waals surface area contributed by atoms with Crippen molar-refractivity contribution in [3.05, 3.63) is 12.2 Å². The van der Waals surface area contributed by atoms with Gasteiger partial charge in [0.2, 0.25) is 0 Å². The van der Waals surface area contributed by atoms with E-state index in [2.05, 4.69) is 6.58 Å². The van der Waals surface area contributed by atoms with Crippen LogP contribution in [0.15, 0.2) is 12.2 Å². The van der Waals surface area contributed by atoms with E-state index in [1.165, 1.54) is 6.92 Å². The Morgan fingerprint density at radius 3 is 2.39 bits per heavy atom. The third-order valence-corrected chi connectivity index (χ3v) is 1.91. The maximum absolute atomic E-state index is 11.2. The molecule has 6 heteroatoms. The van der Waals surface area contributed by atoms with Crippen LogP contribution in [0.25, 0.3) is 0 Å². The van der Waals surface area contributed by atoms with Gasteiger partial charge in [-0.25, -0.2) is 4.79 Å². The Morgan fingerprint density at radius 1 is 1.28 bits per heavy atom. The molecule has 0 saturated heterocycles. The van der Waals surface area contributed by atoms with Gasteiger partial charge >= 0.3 is 17.9 Å². The third-order valence-electron chi connectivity index (χ3n) is 1.91. The summed E-state index contributed by atoms with van der Waals surface area (Å²) in [7, 11) is 0. The van der Waals surface area contributed by atoms with E-state index in [1.54, 1.807) is 6.92 Å². The number of carbonyl (C=O) groups excluding carboxylic acids is 2. The molecule has 0 aromatic heterocycles. The van der Waals surface area contributed by atoms with Gasteiger partial charge in [-0.15, -0.1) is 0 Å². The monoisotopic (exact) mass is 258 g/mol. The first kappa shape index (κ1) is 16.1. The first-order valence-corrected chi connectivity index (χ1v) is 5.56. The molecule has 0 heterocycles. The van der Waals surface area contributed by atoms with Gasteiger partial charge in [-0.2, -0.15) is 0 Å². The highest BCUT2D eigenvalue weighted by atomic mass is 16.6. The van der Waals surface area contributed by atoms with Crippen molar-refractivity contribution in [2.45, 2.75) is 39.2 Å². The SMILES string of the molecule is C=C(C)C(=O)OC(C)COC(=O)CCCC(=O)O. The Labute approximate surface area is 106 Å². The molecule has 0 amide bonds. The number of carboxylic acid groups (broad SMARTS) is 1. The van der Waals surface area contributed by atoms with Crippen LogP contribution in [0.2, 0.25) is 0 Å². The molecule has 1 unspecified atom stereocenters. The minimum atomic E-state index is -0.952. The Morgan fingerprint density at radius 2 is 1.89 bits per heavy atom. The Balaban J connectivity index is 3.74. The van der Waals surface area contributed by atoms with Gasteiger partial charge in [-0.05, 0) is 20.3 Å². The van der Waals surface area contributed by atoms with Crippen molar-refractivity contribution in [3.63, 3.8) is 0 Å². The number of carbonyl (C=O) groups is 3. The molecule has 0 rings (SSSR count). The predicted molar refractivity (Wildman–Crippen MR) is 62.8 cm³/mol. The van der Waals surface area contributed by atoms with Gasteiger partial charge in [0.25, 0.3) is 0 Å². The zero-order valence-corrected chi connectivity index (χ0v) is 10.6. The second-order valence-electron chi connectivity index (χ2n) is 3.93. The van der Waals surface area contributed by atoms with Crippen LogP contribution < -0.4 is 0 Å². The van der Waals surface area contributed by atoms with Gasteiger partial charge < -0.3 is 14.6 Å². The summed E-state index contributed by atoms with van der Waals surface area (Å²) < 4.78 is 9.72. The lowest BCUT2D eigenvalue weighted by Crippen LogP contribution is -2.22. The van der Waals surface area contributed by atoms with E-state index in [0.29, 0.717) is 0 Å². The molecule has 0 bridgehead atoms. The number of rotatable bonds is 8. The van der Waals surface area contributed by atoms with Gasteiger partial charge in [0.1, 0.15) is 12.7 Å². The highest BCUT2D eigenvalue weighted by Gasteiger charge is 2.12. The number of hydrogen-bond donors (Lipinski definition) is 1. The van der Waals surface area contributed by atoms with Gasteiger partial charge in [-0.3, -0.25) is 9.59 Å². The van der Waals surface area contributed by atoms with E-state index < -0.39 is 24.0 Å². The molecule has 0 aliphatic carbocycles. The fraction of sp³-hybridized carbons (Fsp3) is 0.583. The summed E-state index contributed by atoms with van der Waals surface area (Å²) in [6.45, 7) is 6.48. The normalized spacial score (nSPS) is 11.4. The van der Waals surface area contributed by atoms with Crippen molar-refractivity contribution < 1.29 is 29.0 Å². The van der Waals surface area contributed by atoms with Crippen molar-refractivity contribution in [3.8, 4) is 0 Å². The molecular formula is C12H18O6. The molecule has 0 spiro atoms. The number of esters is 2. The third kappa shape index (κ3) is 8.32. The lowest BCUT2D eigenvalue weighted by atomic mass is 10.2. The molecule has 0 saturated carbocycles. The van der Waals surface area contributed by atoms with E-state index >= 15 is 0 Å². The molecule has 18 heavy (non-hydrogen) atoms. The number of ether oxygens (including phenoxy) is 2. The molecule has 1 atom stereocenters. The van der Waals surface area contributed by atoms with Gasteiger partial charge in [0.05, 0.1) is 0 Å². The van der Waals surface area contributed by atoms with E-state index in [4.69, 9.17) is 14.6 Å². The molecule has 0 aliphatic rings. The second kappa shape index (κ2) is 8.27. The lowest BCUT2D eigenvalue weighted by molar-refractivity contribution is -0.155. The van der Waals surface area contributed by atoms with Crippen LogP contribution in [-0.4, -0.2) is 35.7 Å². The fourth-order valence-electron chi connectivity index (χ4n) is 0.984. The van der Waals surface area contributed by atoms with Gasteiger partial charge in [0, 0.05) is 18.4 Å². The average molecular weight is 258 g/mol. The summed E-state index contributed by atoms with van der Waals surface area (Å²) in [6.07, 6.45) is -0.366. The molecule has 0 aromatic rings. The van der Waals surface area contributed by atoms with Crippen LogP contribution in [0.4, 0.5) is 0 Å². The summed E-state index contributed by atoms with van der Waals surface area (Å²) in [5.41, 5.74) is 0.273. The minimum Gasteiger partial charge on any atom is -0.481 e. The van der Waals surface area contributed by atoms with Crippen LogP contribution in [0, 0.1) is 0 Å². The summed E-state index contributed by atoms with van der Waals surface area (Å²) in [6, 6.07) is 0. The van der Waals surface area contributed by atoms with E-state index in [1.807, 2.05) is 0 Å². The minimum absolute atomic E-state index is 0.0352. The highest BCUT2D eigenvalue weighted by molar-refractivity contribution is 5.87. The van der Waals surface area contributed by atoms with Crippen molar-refractivity contribution in [2.24, 2.45) is 0 Å². The number of aliphatic carboxylic acids is 1. The maximum Gasteiger partial charge on any atom is 0.333 e. The summed E-state index contributed by atoms with van der Waals surface area (Å²) in [4.78, 5) is 32.5. The second-order valence-corrected chi connectivity index (χ2v) is 3.93. The van der Waals surface area contributed by atoms with Crippen LogP contribution in [0.3, 0.4) is 0 Å². The van der Waals surface area contributed by atoms with Gasteiger partial charge in [0.15, 0.2) is 0 Å². The van der Waals surface area contributed by atoms with Crippen molar-refractivity contribution in [1.29, 1.82) is 0 Å². The summed E-state index contributed by atoms with van der Waals surface area (Å²) in [5.74, 6) is -1.99. The zero-order chi connectivity index (χ0) is 14.1. The maximum atomic E-state index is 11.2. The Kier molecular flexibility index (Phi) is 7.42. The molecule has 102 valence electrons. The van der Waals surface area contributed by atoms with E-state index in [9.17, 15) is 14.4 Å². The number of carboxylic acids is 1. The summed E-state index contributed by atoms with van der Waals surface area (Å²) in [5, 5.41) is 8.38. The molecule has 6 nitrogen and oxygen atoms in total. The van der Waals surface area contributed by atoms with Crippen LogP contribution in [-0.2, 0) is 23.9 Å². The standard InChI is InChI=1S/C12H18O6/c1-8(2)12(16)18-9(3)7-17-11(15)6-4-5-10(13)14/h9H,1,4-7H2,2-3H3,(H,13,14).